The quantitative estimate of drug-likeness (QED) is 0.455. The second-order valence-corrected chi connectivity index (χ2v) is 10.6. The van der Waals surface area contributed by atoms with Gasteiger partial charge in [0, 0.05) is 38.5 Å². The normalized spacial score (nSPS) is 14.9. The number of nitrogens with zero attached hydrogens (tertiary/aromatic N) is 3. The van der Waals surface area contributed by atoms with Crippen LogP contribution in [0.5, 0.6) is 0 Å². The summed E-state index contributed by atoms with van der Waals surface area (Å²) in [6.07, 6.45) is 4.53. The molecule has 0 saturated carbocycles. The van der Waals surface area contributed by atoms with E-state index < -0.39 is 9.84 Å². The van der Waals surface area contributed by atoms with Crippen LogP contribution in [0.25, 0.3) is 16.3 Å². The summed E-state index contributed by atoms with van der Waals surface area (Å²) in [5, 5.41) is 0.557. The Labute approximate surface area is 204 Å². The average molecular weight is 508 g/mol. The first-order valence-electron chi connectivity index (χ1n) is 10.4. The summed E-state index contributed by atoms with van der Waals surface area (Å²) in [7, 11) is -3.32. The highest BCUT2D eigenvalue weighted by Gasteiger charge is 2.21. The van der Waals surface area contributed by atoms with Crippen LogP contribution in [-0.4, -0.2) is 69.9 Å². The predicted octanol–water partition coefficient (Wildman–Crippen LogP) is 3.50. The minimum atomic E-state index is -3.32. The molecule has 1 fully saturated rings. The maximum absolute atomic E-state index is 13.2. The van der Waals surface area contributed by atoms with E-state index in [1.165, 1.54) is 17.6 Å². The van der Waals surface area contributed by atoms with E-state index in [0.717, 1.165) is 23.4 Å². The number of hydrogen-bond acceptors (Lipinski definition) is 7. The Morgan fingerprint density at radius 1 is 1.18 bits per heavy atom. The minimum Gasteiger partial charge on any atom is -0.379 e. The van der Waals surface area contributed by atoms with Crippen LogP contribution in [0, 0.1) is 0 Å². The number of carbonyl (C=O) groups is 1. The molecule has 1 aliphatic heterocycles. The van der Waals surface area contributed by atoms with Gasteiger partial charge in [0.2, 0.25) is 0 Å². The minimum absolute atomic E-state index is 0. The molecule has 2 aromatic carbocycles. The summed E-state index contributed by atoms with van der Waals surface area (Å²) in [6, 6.07) is 14.5. The van der Waals surface area contributed by atoms with Crippen molar-refractivity contribution in [3.63, 3.8) is 0 Å². The van der Waals surface area contributed by atoms with Crippen LogP contribution in [0.4, 0.5) is 5.13 Å². The number of ether oxygens (including phenoxy) is 1. The first-order valence-corrected chi connectivity index (χ1v) is 13.1. The summed E-state index contributed by atoms with van der Waals surface area (Å²) in [6.45, 7) is 4.24. The molecule has 1 amide bonds. The highest BCUT2D eigenvalue weighted by Crippen LogP contribution is 2.31. The van der Waals surface area contributed by atoms with Crippen LogP contribution < -0.4 is 4.90 Å². The van der Waals surface area contributed by atoms with Gasteiger partial charge in [0.05, 0.1) is 28.3 Å². The van der Waals surface area contributed by atoms with Gasteiger partial charge < -0.3 is 4.74 Å². The van der Waals surface area contributed by atoms with Gasteiger partial charge in [-0.05, 0) is 29.8 Å². The van der Waals surface area contributed by atoms with Gasteiger partial charge in [-0.3, -0.25) is 14.6 Å². The third-order valence-corrected chi connectivity index (χ3v) is 7.39. The lowest BCUT2D eigenvalue weighted by atomic mass is 10.2. The molecule has 1 aliphatic rings. The van der Waals surface area contributed by atoms with E-state index in [9.17, 15) is 13.2 Å². The van der Waals surface area contributed by atoms with E-state index in [-0.39, 0.29) is 23.2 Å². The predicted molar refractivity (Wildman–Crippen MR) is 135 cm³/mol. The fourth-order valence-electron chi connectivity index (χ4n) is 3.43. The van der Waals surface area contributed by atoms with Crippen molar-refractivity contribution in [1.29, 1.82) is 0 Å². The average Bonchev–Trinajstić information content (AvgIpc) is 3.21. The number of morpholine rings is 1. The van der Waals surface area contributed by atoms with Crippen LogP contribution in [-0.2, 0) is 19.4 Å². The first-order chi connectivity index (χ1) is 15.4. The number of carbonyl (C=O) groups excluding carboxylic acids is 1. The molecule has 0 unspecified atom stereocenters. The van der Waals surface area contributed by atoms with E-state index in [2.05, 4.69) is 9.88 Å². The number of anilines is 1. The van der Waals surface area contributed by atoms with Crippen LogP contribution in [0.3, 0.4) is 0 Å². The van der Waals surface area contributed by atoms with Crippen molar-refractivity contribution in [1.82, 2.24) is 9.88 Å². The number of thiazole rings is 1. The highest BCUT2D eigenvalue weighted by atomic mass is 35.5. The third kappa shape index (κ3) is 6.61. The SMILES string of the molecule is CS(=O)(=O)c1ccc2nc(N(CCN3CCOCC3)C(=O)C=Cc3ccccc3)sc2c1.Cl. The molecular weight excluding hydrogens is 482 g/mol. The van der Waals surface area contributed by atoms with E-state index in [4.69, 9.17) is 4.74 Å². The van der Waals surface area contributed by atoms with Crippen molar-refractivity contribution in [2.75, 3.05) is 50.5 Å². The highest BCUT2D eigenvalue weighted by molar-refractivity contribution is 7.90. The molecule has 0 aliphatic carbocycles. The van der Waals surface area contributed by atoms with Gasteiger partial charge in [-0.1, -0.05) is 41.7 Å². The lowest BCUT2D eigenvalue weighted by Crippen LogP contribution is -2.42. The standard InChI is InChI=1S/C23H25N3O4S2.ClH/c1-32(28,29)19-8-9-20-21(17-19)31-23(24-20)26(12-11-25-13-15-30-16-14-25)22(27)10-7-18-5-3-2-4-6-18;/h2-10,17H,11-16H2,1H3;1H. The van der Waals surface area contributed by atoms with Crippen molar-refractivity contribution in [3.8, 4) is 0 Å². The summed E-state index contributed by atoms with van der Waals surface area (Å²) in [5.41, 5.74) is 1.62. The fraction of sp³-hybridized carbons (Fsp3) is 0.304. The number of aromatic nitrogens is 1. The zero-order chi connectivity index (χ0) is 22.6. The molecule has 4 rings (SSSR count). The monoisotopic (exact) mass is 507 g/mol. The molecule has 10 heteroatoms. The Morgan fingerprint density at radius 3 is 2.61 bits per heavy atom. The van der Waals surface area contributed by atoms with Gasteiger partial charge >= 0.3 is 0 Å². The lowest BCUT2D eigenvalue weighted by molar-refractivity contribution is -0.114. The van der Waals surface area contributed by atoms with E-state index >= 15 is 0 Å². The van der Waals surface area contributed by atoms with E-state index in [0.29, 0.717) is 37.0 Å². The van der Waals surface area contributed by atoms with Crippen LogP contribution >= 0.6 is 23.7 Å². The largest absolute Gasteiger partial charge is 0.379 e. The number of sulfone groups is 1. The molecule has 0 radical (unpaired) electrons. The smallest absolute Gasteiger partial charge is 0.252 e. The molecule has 7 nitrogen and oxygen atoms in total. The van der Waals surface area contributed by atoms with Crippen LogP contribution in [0.1, 0.15) is 5.56 Å². The Bertz CT molecular complexity index is 1220. The summed E-state index contributed by atoms with van der Waals surface area (Å²) in [5.74, 6) is -0.162. The number of fused-ring (bicyclic) bond motifs is 1. The van der Waals surface area contributed by atoms with E-state index in [1.54, 1.807) is 35.3 Å². The van der Waals surface area contributed by atoms with Crippen LogP contribution in [0.2, 0.25) is 0 Å². The molecule has 0 spiro atoms. The van der Waals surface area contributed by atoms with Crippen molar-refractivity contribution in [2.45, 2.75) is 4.90 Å². The molecule has 2 heterocycles. The number of rotatable bonds is 7. The van der Waals surface area contributed by atoms with Crippen molar-refractivity contribution in [2.24, 2.45) is 0 Å². The second-order valence-electron chi connectivity index (χ2n) is 7.59. The topological polar surface area (TPSA) is 79.8 Å². The molecule has 1 saturated heterocycles. The number of amides is 1. The summed E-state index contributed by atoms with van der Waals surface area (Å²) >= 11 is 1.32. The van der Waals surface area contributed by atoms with Gasteiger partial charge in [-0.25, -0.2) is 13.4 Å². The number of benzene rings is 2. The molecule has 1 aromatic heterocycles. The zero-order valence-corrected chi connectivity index (χ0v) is 20.7. The molecule has 0 N–H and O–H groups in total. The molecule has 33 heavy (non-hydrogen) atoms. The Balaban J connectivity index is 0.00000306. The van der Waals surface area contributed by atoms with E-state index in [1.807, 2.05) is 30.3 Å². The van der Waals surface area contributed by atoms with Gasteiger partial charge in [-0.2, -0.15) is 0 Å². The van der Waals surface area contributed by atoms with Crippen molar-refractivity contribution < 1.29 is 17.9 Å². The fourth-order valence-corrected chi connectivity index (χ4v) is 5.18. The first kappa shape index (κ1) is 25.3. The molecule has 0 atom stereocenters. The Hall–Kier alpha value is -2.30. The summed E-state index contributed by atoms with van der Waals surface area (Å²) < 4.78 is 30.0. The zero-order valence-electron chi connectivity index (χ0n) is 18.2. The van der Waals surface area contributed by atoms with Gasteiger partial charge in [0.1, 0.15) is 0 Å². The van der Waals surface area contributed by atoms with Gasteiger partial charge in [0.25, 0.3) is 5.91 Å². The van der Waals surface area contributed by atoms with Crippen molar-refractivity contribution >= 4 is 60.9 Å². The van der Waals surface area contributed by atoms with Gasteiger partial charge in [-0.15, -0.1) is 12.4 Å². The number of hydrogen-bond donors (Lipinski definition) is 0. The lowest BCUT2D eigenvalue weighted by Gasteiger charge is -2.28. The second kappa shape index (κ2) is 11.2. The molecule has 3 aromatic rings. The molecular formula is C23H26ClN3O4S2. The third-order valence-electron chi connectivity index (χ3n) is 5.24. The molecule has 0 bridgehead atoms. The van der Waals surface area contributed by atoms with Crippen molar-refractivity contribution in [3.05, 3.63) is 60.2 Å². The molecule has 176 valence electrons. The van der Waals surface area contributed by atoms with Gasteiger partial charge in [0.15, 0.2) is 15.0 Å². The van der Waals surface area contributed by atoms with Crippen LogP contribution in [0.15, 0.2) is 59.5 Å². The number of halogens is 1. The Morgan fingerprint density at radius 2 is 1.91 bits per heavy atom. The maximum Gasteiger partial charge on any atom is 0.252 e. The Kier molecular flexibility index (Phi) is 8.61. The maximum atomic E-state index is 13.2. The summed E-state index contributed by atoms with van der Waals surface area (Å²) in [4.78, 5) is 22.0.